The molecule has 3 rings (SSSR count). The number of para-hydroxylation sites is 1. The van der Waals surface area contributed by atoms with Crippen LogP contribution in [0.4, 0.5) is 5.69 Å². The topological polar surface area (TPSA) is 80.3 Å². The molecule has 106 valence electrons. The van der Waals surface area contributed by atoms with Crippen LogP contribution in [0.2, 0.25) is 0 Å². The van der Waals surface area contributed by atoms with E-state index in [-0.39, 0.29) is 18.4 Å². The van der Waals surface area contributed by atoms with Gasteiger partial charge in [0.2, 0.25) is 0 Å². The molecule has 21 heavy (non-hydrogen) atoms. The molecule has 2 amide bonds. The highest BCUT2D eigenvalue weighted by molar-refractivity contribution is 6.03. The molecule has 0 radical (unpaired) electrons. The van der Waals surface area contributed by atoms with Crippen molar-refractivity contribution in [2.24, 2.45) is 0 Å². The SMILES string of the molecule is O=C1COc2c(cccc2C(=O)NCc2ccncc2)N1. The van der Waals surface area contributed by atoms with Gasteiger partial charge in [0.25, 0.3) is 11.8 Å². The number of benzene rings is 1. The molecule has 2 aromatic rings. The van der Waals surface area contributed by atoms with E-state index in [2.05, 4.69) is 15.6 Å². The Labute approximate surface area is 121 Å². The summed E-state index contributed by atoms with van der Waals surface area (Å²) in [6, 6.07) is 8.73. The van der Waals surface area contributed by atoms with E-state index in [0.29, 0.717) is 23.5 Å². The second kappa shape index (κ2) is 5.62. The lowest BCUT2D eigenvalue weighted by Gasteiger charge is -2.20. The van der Waals surface area contributed by atoms with Gasteiger partial charge in [0, 0.05) is 18.9 Å². The molecular weight excluding hydrogens is 270 g/mol. The minimum Gasteiger partial charge on any atom is -0.481 e. The summed E-state index contributed by atoms with van der Waals surface area (Å²) in [6.07, 6.45) is 3.34. The molecular formula is C15H13N3O3. The molecule has 0 fully saturated rings. The molecule has 0 unspecified atom stereocenters. The first-order valence-corrected chi connectivity index (χ1v) is 6.47. The molecule has 0 atom stereocenters. The van der Waals surface area contributed by atoms with Crippen LogP contribution in [0, 0.1) is 0 Å². The van der Waals surface area contributed by atoms with E-state index < -0.39 is 0 Å². The Bertz CT molecular complexity index is 686. The number of rotatable bonds is 3. The highest BCUT2D eigenvalue weighted by atomic mass is 16.5. The number of carbonyl (C=O) groups excluding carboxylic acids is 2. The fourth-order valence-electron chi connectivity index (χ4n) is 2.07. The van der Waals surface area contributed by atoms with Crippen LogP contribution in [0.1, 0.15) is 15.9 Å². The number of pyridine rings is 1. The van der Waals surface area contributed by atoms with Crippen molar-refractivity contribution in [1.29, 1.82) is 0 Å². The van der Waals surface area contributed by atoms with Gasteiger partial charge in [-0.2, -0.15) is 0 Å². The Morgan fingerprint density at radius 1 is 1.29 bits per heavy atom. The summed E-state index contributed by atoms with van der Waals surface area (Å²) in [5.41, 5.74) is 1.88. The third-order valence-electron chi connectivity index (χ3n) is 3.08. The number of hydrogen-bond acceptors (Lipinski definition) is 4. The van der Waals surface area contributed by atoms with Crippen molar-refractivity contribution in [3.05, 3.63) is 53.9 Å². The zero-order chi connectivity index (χ0) is 14.7. The van der Waals surface area contributed by atoms with E-state index in [1.165, 1.54) is 0 Å². The minimum absolute atomic E-state index is 0.0817. The number of ether oxygens (including phenoxy) is 1. The van der Waals surface area contributed by atoms with Crippen molar-refractivity contribution < 1.29 is 14.3 Å². The van der Waals surface area contributed by atoms with Gasteiger partial charge in [0.05, 0.1) is 11.3 Å². The Kier molecular flexibility index (Phi) is 3.51. The maximum absolute atomic E-state index is 12.3. The summed E-state index contributed by atoms with van der Waals surface area (Å²) in [4.78, 5) is 27.4. The molecule has 6 nitrogen and oxygen atoms in total. The Balaban J connectivity index is 1.76. The van der Waals surface area contributed by atoms with Crippen LogP contribution >= 0.6 is 0 Å². The van der Waals surface area contributed by atoms with Gasteiger partial charge < -0.3 is 15.4 Å². The summed E-state index contributed by atoms with van der Waals surface area (Å²) >= 11 is 0. The van der Waals surface area contributed by atoms with Crippen LogP contribution in [0.3, 0.4) is 0 Å². The largest absolute Gasteiger partial charge is 0.481 e. The van der Waals surface area contributed by atoms with Gasteiger partial charge >= 0.3 is 0 Å². The molecule has 6 heteroatoms. The maximum atomic E-state index is 12.3. The molecule has 1 aliphatic heterocycles. The Hall–Kier alpha value is -2.89. The number of nitrogens with one attached hydrogen (secondary N) is 2. The van der Waals surface area contributed by atoms with E-state index in [9.17, 15) is 9.59 Å². The first-order chi connectivity index (χ1) is 10.2. The third-order valence-corrected chi connectivity index (χ3v) is 3.08. The smallest absolute Gasteiger partial charge is 0.262 e. The number of fused-ring (bicyclic) bond motifs is 1. The third kappa shape index (κ3) is 2.84. The second-order valence-corrected chi connectivity index (χ2v) is 4.56. The normalized spacial score (nSPS) is 12.9. The van der Waals surface area contributed by atoms with Crippen molar-refractivity contribution in [2.45, 2.75) is 6.54 Å². The molecule has 1 aromatic carbocycles. The number of hydrogen-bond donors (Lipinski definition) is 2. The zero-order valence-corrected chi connectivity index (χ0v) is 11.1. The van der Waals surface area contributed by atoms with Crippen molar-refractivity contribution in [3.8, 4) is 5.75 Å². The summed E-state index contributed by atoms with van der Waals surface area (Å²) in [5, 5.41) is 5.49. The summed E-state index contributed by atoms with van der Waals surface area (Å²) in [5.74, 6) is -0.0685. The predicted octanol–water partition coefficient (Wildman–Crippen LogP) is 1.34. The highest BCUT2D eigenvalue weighted by Gasteiger charge is 2.22. The lowest BCUT2D eigenvalue weighted by molar-refractivity contribution is -0.118. The average Bonchev–Trinajstić information content (AvgIpc) is 2.52. The van der Waals surface area contributed by atoms with Crippen LogP contribution in [-0.4, -0.2) is 23.4 Å². The number of aromatic nitrogens is 1. The zero-order valence-electron chi connectivity index (χ0n) is 11.1. The molecule has 2 N–H and O–H groups in total. The molecule has 0 bridgehead atoms. The molecule has 2 heterocycles. The van der Waals surface area contributed by atoms with Gasteiger partial charge in [-0.15, -0.1) is 0 Å². The maximum Gasteiger partial charge on any atom is 0.262 e. The molecule has 0 saturated heterocycles. The minimum atomic E-state index is -0.250. The molecule has 0 spiro atoms. The van der Waals surface area contributed by atoms with Crippen LogP contribution in [0.15, 0.2) is 42.7 Å². The molecule has 1 aliphatic rings. The van der Waals surface area contributed by atoms with E-state index in [1.54, 1.807) is 30.6 Å². The lowest BCUT2D eigenvalue weighted by atomic mass is 10.1. The van der Waals surface area contributed by atoms with Crippen LogP contribution in [0.5, 0.6) is 5.75 Å². The number of nitrogens with zero attached hydrogens (tertiary/aromatic N) is 1. The summed E-state index contributed by atoms with van der Waals surface area (Å²) < 4.78 is 5.36. The number of carbonyl (C=O) groups is 2. The van der Waals surface area contributed by atoms with Gasteiger partial charge in [0.15, 0.2) is 12.4 Å². The first kappa shape index (κ1) is 13.1. The van der Waals surface area contributed by atoms with Crippen LogP contribution < -0.4 is 15.4 Å². The van der Waals surface area contributed by atoms with E-state index >= 15 is 0 Å². The Morgan fingerprint density at radius 2 is 2.10 bits per heavy atom. The highest BCUT2D eigenvalue weighted by Crippen LogP contribution is 2.31. The van der Waals surface area contributed by atoms with E-state index in [1.807, 2.05) is 12.1 Å². The monoisotopic (exact) mass is 283 g/mol. The fraction of sp³-hybridized carbons (Fsp3) is 0.133. The fourth-order valence-corrected chi connectivity index (χ4v) is 2.07. The van der Waals surface area contributed by atoms with Gasteiger partial charge in [-0.25, -0.2) is 0 Å². The average molecular weight is 283 g/mol. The first-order valence-electron chi connectivity index (χ1n) is 6.47. The molecule has 0 aliphatic carbocycles. The molecule has 0 saturated carbocycles. The van der Waals surface area contributed by atoms with Gasteiger partial charge in [-0.3, -0.25) is 14.6 Å². The van der Waals surface area contributed by atoms with Gasteiger partial charge in [0.1, 0.15) is 0 Å². The van der Waals surface area contributed by atoms with Crippen LogP contribution in [-0.2, 0) is 11.3 Å². The quantitative estimate of drug-likeness (QED) is 0.891. The second-order valence-electron chi connectivity index (χ2n) is 4.56. The lowest BCUT2D eigenvalue weighted by Crippen LogP contribution is -2.29. The van der Waals surface area contributed by atoms with Crippen molar-refractivity contribution in [1.82, 2.24) is 10.3 Å². The molecule has 1 aromatic heterocycles. The van der Waals surface area contributed by atoms with E-state index in [4.69, 9.17) is 4.74 Å². The van der Waals surface area contributed by atoms with E-state index in [0.717, 1.165) is 5.56 Å². The summed E-state index contributed by atoms with van der Waals surface area (Å²) in [7, 11) is 0. The number of anilines is 1. The van der Waals surface area contributed by atoms with Crippen molar-refractivity contribution in [2.75, 3.05) is 11.9 Å². The van der Waals surface area contributed by atoms with Gasteiger partial charge in [-0.1, -0.05) is 6.07 Å². The number of amides is 2. The van der Waals surface area contributed by atoms with Crippen molar-refractivity contribution in [3.63, 3.8) is 0 Å². The standard InChI is InChI=1S/C15H13N3O3/c19-13-9-21-14-11(2-1-3-12(14)18-13)15(20)17-8-10-4-6-16-7-5-10/h1-7H,8-9H2,(H,17,20)(H,18,19). The van der Waals surface area contributed by atoms with Crippen molar-refractivity contribution >= 4 is 17.5 Å². The Morgan fingerprint density at radius 3 is 2.90 bits per heavy atom. The van der Waals surface area contributed by atoms with Gasteiger partial charge in [-0.05, 0) is 29.8 Å². The van der Waals surface area contributed by atoms with Crippen LogP contribution in [0.25, 0.3) is 0 Å². The summed E-state index contributed by atoms with van der Waals surface area (Å²) in [6.45, 7) is 0.318. The predicted molar refractivity (Wildman–Crippen MR) is 76.0 cm³/mol.